The fourth-order valence-electron chi connectivity index (χ4n) is 4.38. The zero-order chi connectivity index (χ0) is 24.1. The largest absolute Gasteiger partial charge is 0.497 e. The van der Waals surface area contributed by atoms with Gasteiger partial charge in [-0.25, -0.2) is 0 Å². The summed E-state index contributed by atoms with van der Waals surface area (Å²) in [7, 11) is -2.01. The molecule has 7 heteroatoms. The first-order valence-electron chi connectivity index (χ1n) is 11.1. The quantitative estimate of drug-likeness (QED) is 0.350. The fourth-order valence-corrected chi connectivity index (χ4v) is 5.14. The molecule has 0 aromatic heterocycles. The fraction of sp³-hybridized carbons (Fsp3) is 0.600. The molecular formula is C25H38O6S. The van der Waals surface area contributed by atoms with E-state index in [1.807, 2.05) is 44.2 Å². The minimum Gasteiger partial charge on any atom is -0.497 e. The average Bonchev–Trinajstić information content (AvgIpc) is 2.76. The molecule has 0 spiro atoms. The Morgan fingerprint density at radius 3 is 2.16 bits per heavy atom. The Morgan fingerprint density at radius 2 is 1.66 bits per heavy atom. The number of benzene rings is 1. The molecule has 1 aromatic carbocycles. The van der Waals surface area contributed by atoms with Gasteiger partial charge >= 0.3 is 0 Å². The van der Waals surface area contributed by atoms with E-state index in [0.29, 0.717) is 6.42 Å². The molecule has 0 amide bonds. The van der Waals surface area contributed by atoms with Crippen LogP contribution in [-0.4, -0.2) is 46.4 Å². The number of hydrogen-bond acceptors (Lipinski definition) is 6. The van der Waals surface area contributed by atoms with Crippen molar-refractivity contribution in [1.29, 1.82) is 0 Å². The molecule has 1 fully saturated rings. The van der Waals surface area contributed by atoms with Gasteiger partial charge in [0.25, 0.3) is 10.1 Å². The van der Waals surface area contributed by atoms with Gasteiger partial charge in [0.1, 0.15) is 5.75 Å². The van der Waals surface area contributed by atoms with Gasteiger partial charge in [0, 0.05) is 30.1 Å². The second-order valence-electron chi connectivity index (χ2n) is 8.86. The predicted molar refractivity (Wildman–Crippen MR) is 127 cm³/mol. The SMILES string of the molecule is C=C[C@H](C)[C@@H]1O[C@H](Cc2ccc(OC)cc2)O[C@H]([C@H](C)[C@@H](OS(C)(=O)=O)[C@@H](C)C=C)[C@@H]1C. The normalized spacial score (nSPS) is 27.7. The molecule has 0 unspecified atom stereocenters. The summed E-state index contributed by atoms with van der Waals surface area (Å²) in [4.78, 5) is 0. The van der Waals surface area contributed by atoms with Gasteiger partial charge in [-0.2, -0.15) is 8.42 Å². The molecule has 6 nitrogen and oxygen atoms in total. The van der Waals surface area contributed by atoms with Crippen LogP contribution in [0.25, 0.3) is 0 Å². The molecule has 1 saturated heterocycles. The molecule has 2 rings (SSSR count). The lowest BCUT2D eigenvalue weighted by Gasteiger charge is -2.46. The lowest BCUT2D eigenvalue weighted by molar-refractivity contribution is -0.285. The maximum Gasteiger partial charge on any atom is 0.264 e. The van der Waals surface area contributed by atoms with Gasteiger partial charge in [-0.3, -0.25) is 4.18 Å². The van der Waals surface area contributed by atoms with E-state index >= 15 is 0 Å². The summed E-state index contributed by atoms with van der Waals surface area (Å²) in [5.41, 5.74) is 1.06. The van der Waals surface area contributed by atoms with Crippen LogP contribution in [-0.2, 0) is 30.2 Å². The molecule has 0 aliphatic carbocycles. The van der Waals surface area contributed by atoms with E-state index in [1.54, 1.807) is 13.2 Å². The second-order valence-corrected chi connectivity index (χ2v) is 10.5. The summed E-state index contributed by atoms with van der Waals surface area (Å²) in [6.45, 7) is 15.8. The van der Waals surface area contributed by atoms with Crippen LogP contribution in [0.15, 0.2) is 49.6 Å². The van der Waals surface area contributed by atoms with E-state index in [0.717, 1.165) is 17.6 Å². The summed E-state index contributed by atoms with van der Waals surface area (Å²) < 4.78 is 47.5. The highest BCUT2D eigenvalue weighted by Gasteiger charge is 2.44. The van der Waals surface area contributed by atoms with Crippen molar-refractivity contribution in [1.82, 2.24) is 0 Å². The van der Waals surface area contributed by atoms with E-state index in [-0.39, 0.29) is 35.9 Å². The molecular weight excluding hydrogens is 428 g/mol. The van der Waals surface area contributed by atoms with Crippen molar-refractivity contribution in [2.75, 3.05) is 13.4 Å². The molecule has 8 atom stereocenters. The topological polar surface area (TPSA) is 71.1 Å². The molecule has 0 radical (unpaired) electrons. The average molecular weight is 467 g/mol. The number of ether oxygens (including phenoxy) is 3. The maximum absolute atomic E-state index is 12.0. The standard InChI is InChI=1S/C25H38O6S/c1-9-16(3)23-18(5)25(19(6)24(17(4)10-2)31-32(8,26)27)30-22(29-23)15-20-11-13-21(28-7)14-12-20/h9-14,16-19,22-25H,1-2,15H2,3-8H3/t16-,17-,18+,19+,22-,23-,24-,25-/m0/s1. The highest BCUT2D eigenvalue weighted by molar-refractivity contribution is 7.86. The minimum absolute atomic E-state index is 0.00722. The predicted octanol–water partition coefficient (Wildman–Crippen LogP) is 4.61. The lowest BCUT2D eigenvalue weighted by Crippen LogP contribution is -2.53. The number of hydrogen-bond donors (Lipinski definition) is 0. The van der Waals surface area contributed by atoms with Crippen molar-refractivity contribution in [3.8, 4) is 5.75 Å². The Hall–Kier alpha value is -1.67. The highest BCUT2D eigenvalue weighted by atomic mass is 32.2. The van der Waals surface area contributed by atoms with Gasteiger partial charge in [0.15, 0.2) is 6.29 Å². The first-order valence-corrected chi connectivity index (χ1v) is 12.9. The van der Waals surface area contributed by atoms with Crippen LogP contribution < -0.4 is 4.74 Å². The van der Waals surface area contributed by atoms with E-state index in [2.05, 4.69) is 27.0 Å². The summed E-state index contributed by atoms with van der Waals surface area (Å²) in [6.07, 6.45) is 3.79. The van der Waals surface area contributed by atoms with Crippen LogP contribution in [0.2, 0.25) is 0 Å². The highest BCUT2D eigenvalue weighted by Crippen LogP contribution is 2.37. The second kappa shape index (κ2) is 11.5. The van der Waals surface area contributed by atoms with Crippen LogP contribution in [0.1, 0.15) is 33.3 Å². The van der Waals surface area contributed by atoms with Crippen molar-refractivity contribution >= 4 is 10.1 Å². The molecule has 1 aromatic rings. The molecule has 32 heavy (non-hydrogen) atoms. The minimum atomic E-state index is -3.65. The van der Waals surface area contributed by atoms with Gasteiger partial charge in [0.2, 0.25) is 0 Å². The van der Waals surface area contributed by atoms with Crippen LogP contribution in [0, 0.1) is 23.7 Å². The van der Waals surface area contributed by atoms with Gasteiger partial charge in [-0.1, -0.05) is 52.0 Å². The van der Waals surface area contributed by atoms with Crippen LogP contribution in [0.4, 0.5) is 0 Å². The summed E-state index contributed by atoms with van der Waals surface area (Å²) in [5.74, 6) is 0.515. The Kier molecular flexibility index (Phi) is 9.52. The number of methoxy groups -OCH3 is 1. The third-order valence-electron chi connectivity index (χ3n) is 6.32. The summed E-state index contributed by atoms with van der Waals surface area (Å²) in [5, 5.41) is 0. The molecule has 0 N–H and O–H groups in total. The van der Waals surface area contributed by atoms with E-state index in [9.17, 15) is 8.42 Å². The first-order chi connectivity index (χ1) is 15.0. The Labute approximate surface area is 193 Å². The van der Waals surface area contributed by atoms with E-state index < -0.39 is 22.5 Å². The molecule has 1 aliphatic rings. The summed E-state index contributed by atoms with van der Waals surface area (Å²) >= 11 is 0. The van der Waals surface area contributed by atoms with Gasteiger partial charge in [-0.05, 0) is 17.7 Å². The maximum atomic E-state index is 12.0. The van der Waals surface area contributed by atoms with Crippen molar-refractivity contribution in [3.05, 3.63) is 55.1 Å². The van der Waals surface area contributed by atoms with Crippen LogP contribution in [0.5, 0.6) is 5.75 Å². The molecule has 1 aliphatic heterocycles. The Bertz CT molecular complexity index is 850. The third kappa shape index (κ3) is 6.91. The van der Waals surface area contributed by atoms with Gasteiger partial charge < -0.3 is 14.2 Å². The lowest BCUT2D eigenvalue weighted by atomic mass is 9.78. The molecule has 0 bridgehead atoms. The first kappa shape index (κ1) is 26.6. The van der Waals surface area contributed by atoms with Gasteiger partial charge in [-0.15, -0.1) is 13.2 Å². The molecule has 0 saturated carbocycles. The van der Waals surface area contributed by atoms with Crippen molar-refractivity contribution in [2.45, 2.75) is 58.7 Å². The van der Waals surface area contributed by atoms with E-state index in [1.165, 1.54) is 0 Å². The molecule has 180 valence electrons. The zero-order valence-electron chi connectivity index (χ0n) is 20.1. The Morgan fingerprint density at radius 1 is 1.06 bits per heavy atom. The summed E-state index contributed by atoms with van der Waals surface area (Å²) in [6, 6.07) is 7.80. The van der Waals surface area contributed by atoms with Crippen molar-refractivity contribution < 1.29 is 26.8 Å². The van der Waals surface area contributed by atoms with Gasteiger partial charge in [0.05, 0.1) is 31.7 Å². The van der Waals surface area contributed by atoms with E-state index in [4.69, 9.17) is 18.4 Å². The third-order valence-corrected chi connectivity index (χ3v) is 6.89. The number of rotatable bonds is 11. The van der Waals surface area contributed by atoms with Crippen LogP contribution in [0.3, 0.4) is 0 Å². The Balaban J connectivity index is 2.32. The van der Waals surface area contributed by atoms with Crippen molar-refractivity contribution in [3.63, 3.8) is 0 Å². The molecule has 1 heterocycles. The zero-order valence-corrected chi connectivity index (χ0v) is 20.9. The van der Waals surface area contributed by atoms with Crippen molar-refractivity contribution in [2.24, 2.45) is 23.7 Å². The smallest absolute Gasteiger partial charge is 0.264 e. The van der Waals surface area contributed by atoms with Crippen LogP contribution >= 0.6 is 0 Å². The monoisotopic (exact) mass is 466 g/mol.